The van der Waals surface area contributed by atoms with Crippen molar-refractivity contribution < 1.29 is 23.5 Å². The number of piperazine rings is 1. The average molecular weight is 584 g/mol. The van der Waals surface area contributed by atoms with E-state index in [2.05, 4.69) is 68.3 Å². The Morgan fingerprint density at radius 2 is 1.59 bits per heavy atom. The molecule has 8 nitrogen and oxygen atoms in total. The normalized spacial score (nSPS) is 16.3. The molecule has 0 aromatic heterocycles. The smallest absolute Gasteiger partial charge is 0.410 e. The Morgan fingerprint density at radius 1 is 0.927 bits per heavy atom. The molecular weight excluding hydrogens is 534 g/mol. The summed E-state index contributed by atoms with van der Waals surface area (Å²) in [6.45, 7) is 20.0. The van der Waals surface area contributed by atoms with E-state index in [1.165, 1.54) is 0 Å². The molecule has 1 aliphatic heterocycles. The number of benzene rings is 2. The fourth-order valence-corrected chi connectivity index (χ4v) is 5.31. The highest BCUT2D eigenvalue weighted by molar-refractivity contribution is 6.74. The van der Waals surface area contributed by atoms with Gasteiger partial charge in [-0.1, -0.05) is 63.2 Å². The van der Waals surface area contributed by atoms with Crippen molar-refractivity contribution in [1.29, 1.82) is 0 Å². The summed E-state index contributed by atoms with van der Waals surface area (Å²) in [4.78, 5) is 29.3. The molecule has 0 aliphatic carbocycles. The molecule has 1 aliphatic rings. The van der Waals surface area contributed by atoms with Gasteiger partial charge in [0.1, 0.15) is 12.2 Å². The monoisotopic (exact) mass is 583 g/mol. The Hall–Kier alpha value is -3.04. The van der Waals surface area contributed by atoms with Crippen molar-refractivity contribution in [3.63, 3.8) is 0 Å². The van der Waals surface area contributed by atoms with Crippen molar-refractivity contribution in [1.82, 2.24) is 10.2 Å². The van der Waals surface area contributed by atoms with Crippen LogP contribution in [-0.4, -0.2) is 69.8 Å². The van der Waals surface area contributed by atoms with Gasteiger partial charge in [0.2, 0.25) is 0 Å². The van der Waals surface area contributed by atoms with Gasteiger partial charge in [0.15, 0.2) is 8.32 Å². The van der Waals surface area contributed by atoms with Crippen molar-refractivity contribution in [2.24, 2.45) is 0 Å². The molecule has 0 radical (unpaired) electrons. The highest BCUT2D eigenvalue weighted by atomic mass is 28.4. The number of anilines is 1. The van der Waals surface area contributed by atoms with Crippen LogP contribution in [0.2, 0.25) is 18.1 Å². The van der Waals surface area contributed by atoms with E-state index >= 15 is 0 Å². The predicted molar refractivity (Wildman–Crippen MR) is 167 cm³/mol. The minimum absolute atomic E-state index is 0.0847. The third-order valence-electron chi connectivity index (χ3n) is 7.75. The second-order valence-corrected chi connectivity index (χ2v) is 18.1. The molecule has 226 valence electrons. The van der Waals surface area contributed by atoms with E-state index in [9.17, 15) is 9.59 Å². The summed E-state index contributed by atoms with van der Waals surface area (Å²) in [5.41, 5.74) is 2.63. The van der Waals surface area contributed by atoms with E-state index in [-0.39, 0.29) is 23.8 Å². The first-order valence-corrected chi connectivity index (χ1v) is 17.5. The van der Waals surface area contributed by atoms with Crippen LogP contribution in [0.3, 0.4) is 0 Å². The van der Waals surface area contributed by atoms with Crippen LogP contribution >= 0.6 is 0 Å². The number of amides is 2. The van der Waals surface area contributed by atoms with Crippen molar-refractivity contribution in [3.8, 4) is 0 Å². The van der Waals surface area contributed by atoms with Crippen molar-refractivity contribution in [3.05, 3.63) is 65.7 Å². The van der Waals surface area contributed by atoms with Crippen LogP contribution in [0.1, 0.15) is 52.7 Å². The van der Waals surface area contributed by atoms with Crippen molar-refractivity contribution >= 4 is 26.2 Å². The maximum atomic E-state index is 13.1. The zero-order valence-electron chi connectivity index (χ0n) is 26.2. The van der Waals surface area contributed by atoms with Gasteiger partial charge in [-0.3, -0.25) is 4.90 Å². The van der Waals surface area contributed by atoms with E-state index in [1.54, 1.807) is 0 Å². The molecule has 1 heterocycles. The molecule has 0 saturated carbocycles. The summed E-state index contributed by atoms with van der Waals surface area (Å²) >= 11 is 0. The van der Waals surface area contributed by atoms with Gasteiger partial charge in [0, 0.05) is 31.9 Å². The first-order valence-electron chi connectivity index (χ1n) is 14.6. The Bertz CT molecular complexity index is 1130. The molecule has 1 unspecified atom stereocenters. The fourth-order valence-electron chi connectivity index (χ4n) is 4.27. The molecular formula is C32H49N3O5Si. The number of ether oxygens (including phenoxy) is 2. The lowest BCUT2D eigenvalue weighted by atomic mass is 10.1. The van der Waals surface area contributed by atoms with Crippen molar-refractivity contribution in [2.75, 3.05) is 37.7 Å². The van der Waals surface area contributed by atoms with Crippen LogP contribution in [-0.2, 0) is 26.9 Å². The fraction of sp³-hybridized carbons (Fsp3) is 0.562. The number of hydrogen-bond donors (Lipinski definition) is 1. The van der Waals surface area contributed by atoms with Gasteiger partial charge in [0.25, 0.3) is 0 Å². The van der Waals surface area contributed by atoms with Crippen LogP contribution in [0.15, 0.2) is 54.6 Å². The van der Waals surface area contributed by atoms with Gasteiger partial charge in [0.05, 0.1) is 12.6 Å². The second-order valence-electron chi connectivity index (χ2n) is 13.2. The molecule has 41 heavy (non-hydrogen) atoms. The van der Waals surface area contributed by atoms with Gasteiger partial charge >= 0.3 is 12.2 Å². The number of rotatable bonds is 9. The lowest BCUT2D eigenvalue weighted by molar-refractivity contribution is 0.00782. The number of carbonyl (C=O) groups excluding carboxylic acids is 2. The third kappa shape index (κ3) is 10.1. The maximum absolute atomic E-state index is 13.1. The van der Waals surface area contributed by atoms with Crippen molar-refractivity contribution in [2.45, 2.75) is 84.3 Å². The van der Waals surface area contributed by atoms with Gasteiger partial charge < -0.3 is 24.1 Å². The Morgan fingerprint density at radius 3 is 2.20 bits per heavy atom. The lowest BCUT2D eigenvalue weighted by Gasteiger charge is -2.44. The van der Waals surface area contributed by atoms with E-state index in [0.29, 0.717) is 39.2 Å². The molecule has 1 fully saturated rings. The van der Waals surface area contributed by atoms with Crippen LogP contribution in [0.5, 0.6) is 0 Å². The number of hydrogen-bond acceptors (Lipinski definition) is 6. The zero-order valence-corrected chi connectivity index (χ0v) is 27.2. The summed E-state index contributed by atoms with van der Waals surface area (Å²) < 4.78 is 17.6. The quantitative estimate of drug-likeness (QED) is 0.335. The van der Waals surface area contributed by atoms with Crippen LogP contribution in [0, 0.1) is 0 Å². The summed E-state index contributed by atoms with van der Waals surface area (Å²) in [6, 6.07) is 17.9. The largest absolute Gasteiger partial charge is 0.445 e. The molecule has 0 bridgehead atoms. The molecule has 2 aromatic carbocycles. The Balaban J connectivity index is 1.57. The number of alkyl carbamates (subject to hydrolysis) is 1. The van der Waals surface area contributed by atoms with Gasteiger partial charge in [-0.05, 0) is 68.6 Å². The molecule has 2 amide bonds. The maximum Gasteiger partial charge on any atom is 0.410 e. The van der Waals surface area contributed by atoms with E-state index in [4.69, 9.17) is 13.9 Å². The van der Waals surface area contributed by atoms with Crippen LogP contribution < -0.4 is 10.2 Å². The standard InChI is InChI=1S/C32H49N3O5Si/c1-31(2,3)40-30(37)35-21-20-34(22-28(35)24-39-41(7,8)32(4,5)6)27-16-14-25(15-17-27)18-19-33-29(36)38-23-26-12-10-9-11-13-26/h9-17,28H,18-24H2,1-8H3,(H,33,36). The minimum Gasteiger partial charge on any atom is -0.445 e. The van der Waals surface area contributed by atoms with E-state index < -0.39 is 20.0 Å². The molecule has 9 heteroatoms. The highest BCUT2D eigenvalue weighted by Gasteiger charge is 2.40. The van der Waals surface area contributed by atoms with E-state index in [1.807, 2.05) is 56.0 Å². The van der Waals surface area contributed by atoms with Crippen LogP contribution in [0.4, 0.5) is 15.3 Å². The minimum atomic E-state index is -1.99. The second kappa shape index (κ2) is 13.7. The molecule has 1 saturated heterocycles. The first kappa shape index (κ1) is 32.5. The Labute approximate surface area is 247 Å². The Kier molecular flexibility index (Phi) is 10.9. The molecule has 0 spiro atoms. The summed E-state index contributed by atoms with van der Waals surface area (Å²) in [6.07, 6.45) is 0.00116. The van der Waals surface area contributed by atoms with Gasteiger partial charge in [-0.2, -0.15) is 0 Å². The molecule has 3 rings (SSSR count). The first-order chi connectivity index (χ1) is 19.1. The van der Waals surface area contributed by atoms with E-state index in [0.717, 1.165) is 16.8 Å². The van der Waals surface area contributed by atoms with Gasteiger partial charge in [-0.15, -0.1) is 0 Å². The zero-order chi connectivity index (χ0) is 30.3. The average Bonchev–Trinajstić information content (AvgIpc) is 2.90. The summed E-state index contributed by atoms with van der Waals surface area (Å²) in [7, 11) is -1.99. The van der Waals surface area contributed by atoms with Gasteiger partial charge in [-0.25, -0.2) is 9.59 Å². The molecule has 2 aromatic rings. The SMILES string of the molecule is CC(C)(C)OC(=O)N1CCN(c2ccc(CCNC(=O)OCc3ccccc3)cc2)CC1CO[Si](C)(C)C(C)(C)C. The predicted octanol–water partition coefficient (Wildman–Crippen LogP) is 6.60. The lowest BCUT2D eigenvalue weighted by Crippen LogP contribution is -2.59. The van der Waals surface area contributed by atoms with Crippen LogP contribution in [0.25, 0.3) is 0 Å². The topological polar surface area (TPSA) is 80.3 Å². The summed E-state index contributed by atoms with van der Waals surface area (Å²) in [5, 5.41) is 2.91. The molecule has 1 atom stereocenters. The highest BCUT2D eigenvalue weighted by Crippen LogP contribution is 2.37. The third-order valence-corrected chi connectivity index (χ3v) is 12.3. The molecule has 1 N–H and O–H groups in total. The number of carbonyl (C=O) groups is 2. The summed E-state index contributed by atoms with van der Waals surface area (Å²) in [5.74, 6) is 0. The number of nitrogens with one attached hydrogen (secondary N) is 1. The number of nitrogens with zero attached hydrogens (tertiary/aromatic N) is 2.